The zero-order valence-corrected chi connectivity index (χ0v) is 10.7. The Balaban J connectivity index is 2.59. The van der Waals surface area contributed by atoms with Gasteiger partial charge in [0.1, 0.15) is 0 Å². The van der Waals surface area contributed by atoms with Gasteiger partial charge in [-0.05, 0) is 40.9 Å². The summed E-state index contributed by atoms with van der Waals surface area (Å²) in [7, 11) is 4.05. The third-order valence-corrected chi connectivity index (χ3v) is 3.37. The quantitative estimate of drug-likeness (QED) is 0.716. The Morgan fingerprint density at radius 2 is 2.19 bits per heavy atom. The molecule has 0 bridgehead atoms. The summed E-state index contributed by atoms with van der Waals surface area (Å²) in [6.45, 7) is 5.70. The molecule has 1 fully saturated rings. The number of carbonyl (C=O) groups excluding carboxylic acids is 1. The van der Waals surface area contributed by atoms with E-state index in [-0.39, 0.29) is 17.4 Å². The molecule has 0 aromatic heterocycles. The number of amides is 1. The lowest BCUT2D eigenvalue weighted by molar-refractivity contribution is -0.130. The van der Waals surface area contributed by atoms with Crippen molar-refractivity contribution in [3.8, 4) is 6.07 Å². The topological polar surface area (TPSA) is 47.3 Å². The Kier molecular flexibility index (Phi) is 3.93. The minimum absolute atomic E-state index is 0.121. The van der Waals surface area contributed by atoms with Gasteiger partial charge >= 0.3 is 0 Å². The average molecular weight is 223 g/mol. The van der Waals surface area contributed by atoms with Crippen LogP contribution in [-0.4, -0.2) is 48.4 Å². The van der Waals surface area contributed by atoms with E-state index < -0.39 is 0 Å². The number of rotatable bonds is 4. The minimum Gasteiger partial charge on any atom is -0.336 e. The Morgan fingerprint density at radius 3 is 2.62 bits per heavy atom. The number of nitrogens with zero attached hydrogens (tertiary/aromatic N) is 3. The van der Waals surface area contributed by atoms with Gasteiger partial charge in [-0.2, -0.15) is 5.26 Å². The summed E-state index contributed by atoms with van der Waals surface area (Å²) in [6, 6.07) is 2.24. The average Bonchev–Trinajstić information content (AvgIpc) is 2.39. The maximum absolute atomic E-state index is 11.8. The summed E-state index contributed by atoms with van der Waals surface area (Å²) in [5.74, 6) is -0.0466. The highest BCUT2D eigenvalue weighted by atomic mass is 16.2. The Hall–Kier alpha value is -1.08. The first-order valence-corrected chi connectivity index (χ1v) is 5.74. The fraction of sp³-hybridized carbons (Fsp3) is 0.833. The maximum atomic E-state index is 11.8. The molecule has 1 amide bonds. The third-order valence-electron chi connectivity index (χ3n) is 3.37. The summed E-state index contributed by atoms with van der Waals surface area (Å²) in [4.78, 5) is 15.8. The Bertz CT molecular complexity index is 304. The van der Waals surface area contributed by atoms with Gasteiger partial charge in [-0.1, -0.05) is 0 Å². The van der Waals surface area contributed by atoms with Gasteiger partial charge in [-0.15, -0.1) is 0 Å². The zero-order valence-electron chi connectivity index (χ0n) is 10.7. The molecule has 1 unspecified atom stereocenters. The maximum Gasteiger partial charge on any atom is 0.224 e. The number of likely N-dealkylation sites (tertiary alicyclic amines) is 1. The summed E-state index contributed by atoms with van der Waals surface area (Å²) in [5, 5.41) is 9.01. The summed E-state index contributed by atoms with van der Waals surface area (Å²) in [5.41, 5.74) is -0.307. The molecule has 1 saturated heterocycles. The lowest BCUT2D eigenvalue weighted by Crippen LogP contribution is -2.44. The number of nitriles is 1. The first-order valence-electron chi connectivity index (χ1n) is 5.74. The van der Waals surface area contributed by atoms with E-state index in [1.807, 2.05) is 32.8 Å². The van der Waals surface area contributed by atoms with E-state index in [1.165, 1.54) is 0 Å². The van der Waals surface area contributed by atoms with E-state index in [4.69, 9.17) is 5.26 Å². The van der Waals surface area contributed by atoms with Crippen LogP contribution < -0.4 is 0 Å². The fourth-order valence-corrected chi connectivity index (χ4v) is 2.21. The van der Waals surface area contributed by atoms with Crippen LogP contribution in [0.2, 0.25) is 0 Å². The first-order chi connectivity index (χ1) is 7.39. The molecule has 0 N–H and O–H groups in total. The van der Waals surface area contributed by atoms with Gasteiger partial charge in [-0.25, -0.2) is 0 Å². The second-order valence-corrected chi connectivity index (χ2v) is 5.24. The highest BCUT2D eigenvalue weighted by Gasteiger charge is 2.45. The van der Waals surface area contributed by atoms with Gasteiger partial charge in [0.05, 0.1) is 17.5 Å². The van der Waals surface area contributed by atoms with E-state index in [2.05, 4.69) is 11.0 Å². The Morgan fingerprint density at radius 1 is 1.56 bits per heavy atom. The second-order valence-electron chi connectivity index (χ2n) is 5.24. The molecule has 0 aromatic rings. The molecule has 0 spiro atoms. The van der Waals surface area contributed by atoms with Crippen molar-refractivity contribution in [3.05, 3.63) is 0 Å². The van der Waals surface area contributed by atoms with Gasteiger partial charge in [0, 0.05) is 13.0 Å². The van der Waals surface area contributed by atoms with Crippen molar-refractivity contribution in [2.45, 2.75) is 32.2 Å². The lowest BCUT2D eigenvalue weighted by atomic mass is 9.90. The highest BCUT2D eigenvalue weighted by molar-refractivity contribution is 5.80. The van der Waals surface area contributed by atoms with Crippen molar-refractivity contribution in [2.24, 2.45) is 5.92 Å². The molecule has 0 aromatic carbocycles. The van der Waals surface area contributed by atoms with Crippen LogP contribution >= 0.6 is 0 Å². The summed E-state index contributed by atoms with van der Waals surface area (Å²) >= 11 is 0. The van der Waals surface area contributed by atoms with Gasteiger partial charge in [0.2, 0.25) is 5.91 Å². The van der Waals surface area contributed by atoms with Crippen molar-refractivity contribution in [2.75, 3.05) is 27.2 Å². The van der Waals surface area contributed by atoms with E-state index in [0.717, 1.165) is 19.5 Å². The molecular weight excluding hydrogens is 202 g/mol. The van der Waals surface area contributed by atoms with Crippen molar-refractivity contribution >= 4 is 5.91 Å². The van der Waals surface area contributed by atoms with E-state index >= 15 is 0 Å². The molecule has 4 heteroatoms. The van der Waals surface area contributed by atoms with Crippen molar-refractivity contribution in [1.29, 1.82) is 5.26 Å². The largest absolute Gasteiger partial charge is 0.336 e. The normalized spacial score (nSPS) is 23.9. The molecule has 1 atom stereocenters. The molecule has 1 aliphatic heterocycles. The number of hydrogen-bond donors (Lipinski definition) is 0. The standard InChI is InChI=1S/C12H21N3O/c1-12(2)10(9-13)8-11(16)15(12)7-5-6-14(3)4/h10H,5-8H2,1-4H3. The van der Waals surface area contributed by atoms with Crippen LogP contribution in [0.5, 0.6) is 0 Å². The predicted octanol–water partition coefficient (Wildman–Crippen LogP) is 1.09. The van der Waals surface area contributed by atoms with Crippen LogP contribution in [0, 0.1) is 17.2 Å². The predicted molar refractivity (Wildman–Crippen MR) is 62.7 cm³/mol. The first kappa shape index (κ1) is 13.0. The molecule has 0 saturated carbocycles. The van der Waals surface area contributed by atoms with Gasteiger partial charge in [0.15, 0.2) is 0 Å². The van der Waals surface area contributed by atoms with E-state index in [0.29, 0.717) is 6.42 Å². The van der Waals surface area contributed by atoms with Gasteiger partial charge in [-0.3, -0.25) is 4.79 Å². The van der Waals surface area contributed by atoms with Crippen molar-refractivity contribution in [1.82, 2.24) is 9.80 Å². The lowest BCUT2D eigenvalue weighted by Gasteiger charge is -2.33. The van der Waals surface area contributed by atoms with E-state index in [1.54, 1.807) is 0 Å². The van der Waals surface area contributed by atoms with Crippen LogP contribution in [0.25, 0.3) is 0 Å². The van der Waals surface area contributed by atoms with Crippen LogP contribution in [0.1, 0.15) is 26.7 Å². The molecular formula is C12H21N3O. The van der Waals surface area contributed by atoms with E-state index in [9.17, 15) is 4.79 Å². The minimum atomic E-state index is -0.307. The molecule has 16 heavy (non-hydrogen) atoms. The molecule has 1 heterocycles. The Labute approximate surface area is 97.8 Å². The third kappa shape index (κ3) is 2.53. The molecule has 0 radical (unpaired) electrons. The van der Waals surface area contributed by atoms with Gasteiger partial charge in [0.25, 0.3) is 0 Å². The van der Waals surface area contributed by atoms with Crippen molar-refractivity contribution in [3.63, 3.8) is 0 Å². The fourth-order valence-electron chi connectivity index (χ4n) is 2.21. The number of hydrogen-bond acceptors (Lipinski definition) is 3. The molecule has 1 aliphatic rings. The SMILES string of the molecule is CN(C)CCCN1C(=O)CC(C#N)C1(C)C. The van der Waals surface area contributed by atoms with Crippen molar-refractivity contribution < 1.29 is 4.79 Å². The monoisotopic (exact) mass is 223 g/mol. The smallest absolute Gasteiger partial charge is 0.224 e. The molecule has 1 rings (SSSR count). The second kappa shape index (κ2) is 4.84. The summed E-state index contributed by atoms with van der Waals surface area (Å²) < 4.78 is 0. The summed E-state index contributed by atoms with van der Waals surface area (Å²) in [6.07, 6.45) is 1.34. The number of carbonyl (C=O) groups is 1. The molecule has 4 nitrogen and oxygen atoms in total. The molecule has 0 aliphatic carbocycles. The van der Waals surface area contributed by atoms with Crippen LogP contribution in [-0.2, 0) is 4.79 Å². The van der Waals surface area contributed by atoms with Crippen LogP contribution in [0.3, 0.4) is 0 Å². The zero-order chi connectivity index (χ0) is 12.3. The molecule has 90 valence electrons. The van der Waals surface area contributed by atoms with Crippen LogP contribution in [0.15, 0.2) is 0 Å². The van der Waals surface area contributed by atoms with Crippen LogP contribution in [0.4, 0.5) is 0 Å². The highest BCUT2D eigenvalue weighted by Crippen LogP contribution is 2.34. The van der Waals surface area contributed by atoms with Gasteiger partial charge < -0.3 is 9.80 Å².